The van der Waals surface area contributed by atoms with E-state index in [1.807, 2.05) is 6.26 Å². The Labute approximate surface area is 287 Å². The molecule has 9 aromatic carbocycles. The topological polar surface area (TPSA) is 28.9 Å². The maximum Gasteiger partial charge on any atom is 0.142 e. The summed E-state index contributed by atoms with van der Waals surface area (Å²) in [5.41, 5.74) is 10.3. The van der Waals surface area contributed by atoms with Crippen LogP contribution in [0.15, 0.2) is 174 Å². The molecule has 0 aliphatic heterocycles. The Morgan fingerprint density at radius 3 is 1.86 bits per heavy atom. The third-order valence-electron chi connectivity index (χ3n) is 10.7. The molecule has 0 aliphatic rings. The normalized spacial score (nSPS) is 12.0. The minimum Gasteiger partial charge on any atom is -0.463 e. The summed E-state index contributed by atoms with van der Waals surface area (Å²) in [6, 6.07) is 59.5. The highest BCUT2D eigenvalue weighted by Crippen LogP contribution is 2.47. The van der Waals surface area contributed by atoms with Crippen molar-refractivity contribution in [1.82, 2.24) is 4.98 Å². The van der Waals surface area contributed by atoms with Gasteiger partial charge in [0.15, 0.2) is 0 Å². The number of H-pyrrole nitrogens is 1. The van der Waals surface area contributed by atoms with Gasteiger partial charge in [-0.3, -0.25) is 0 Å². The van der Waals surface area contributed by atoms with Crippen molar-refractivity contribution >= 4 is 75.9 Å². The fraction of sp³-hybridized carbons (Fsp3) is 0. The lowest BCUT2D eigenvalue weighted by Crippen LogP contribution is -1.92. The highest BCUT2D eigenvalue weighted by atomic mass is 16.3. The number of nitrogens with one attached hydrogen (secondary N) is 1. The SMILES string of the molecule is c1ccc(-c2cccc3c2[nH]c2ccccc23)c(-c2ccc3cc4ccccc4cc3c2-c2coc3c2ccc2c4ccccc4ccc23)c1. The first kappa shape index (κ1) is 27.3. The second-order valence-corrected chi connectivity index (χ2v) is 13.3. The predicted molar refractivity (Wildman–Crippen MR) is 212 cm³/mol. The second-order valence-electron chi connectivity index (χ2n) is 13.3. The smallest absolute Gasteiger partial charge is 0.142 e. The van der Waals surface area contributed by atoms with Crippen LogP contribution in [0.25, 0.3) is 109 Å². The number of hydrogen-bond acceptors (Lipinski definition) is 1. The molecular formula is C48H29NO. The summed E-state index contributed by atoms with van der Waals surface area (Å²) >= 11 is 0. The number of furan rings is 1. The maximum absolute atomic E-state index is 6.59. The van der Waals surface area contributed by atoms with E-state index in [1.54, 1.807) is 0 Å². The average molecular weight is 636 g/mol. The molecule has 0 radical (unpaired) electrons. The fourth-order valence-electron chi connectivity index (χ4n) is 8.35. The fourth-order valence-corrected chi connectivity index (χ4v) is 8.35. The van der Waals surface area contributed by atoms with Gasteiger partial charge in [-0.2, -0.15) is 0 Å². The quantitative estimate of drug-likeness (QED) is 0.152. The minimum atomic E-state index is 0.920. The predicted octanol–water partition coefficient (Wildman–Crippen LogP) is 13.7. The first-order valence-electron chi connectivity index (χ1n) is 17.2. The Morgan fingerprint density at radius 1 is 0.340 bits per heavy atom. The Morgan fingerprint density at radius 2 is 0.980 bits per heavy atom. The highest BCUT2D eigenvalue weighted by Gasteiger charge is 2.21. The van der Waals surface area contributed by atoms with Crippen LogP contribution in [-0.2, 0) is 0 Å². The van der Waals surface area contributed by atoms with Crippen molar-refractivity contribution in [3.05, 3.63) is 170 Å². The molecule has 50 heavy (non-hydrogen) atoms. The van der Waals surface area contributed by atoms with Gasteiger partial charge in [0.1, 0.15) is 5.58 Å². The van der Waals surface area contributed by atoms with Crippen LogP contribution in [0.3, 0.4) is 0 Å². The lowest BCUT2D eigenvalue weighted by molar-refractivity contribution is 0.620. The number of aromatic amines is 1. The van der Waals surface area contributed by atoms with Gasteiger partial charge in [0.25, 0.3) is 0 Å². The van der Waals surface area contributed by atoms with Crippen molar-refractivity contribution in [3.8, 4) is 33.4 Å². The van der Waals surface area contributed by atoms with Gasteiger partial charge in [-0.15, -0.1) is 0 Å². The summed E-state index contributed by atoms with van der Waals surface area (Å²) < 4.78 is 6.59. The standard InChI is InChI=1S/C48H29NO/c1-2-12-31-27-43-32(26-30(31)11-1)21-22-38(34-14-5-6-15-35(34)39-17-9-18-40-37-16-7-8-19-45(37)49-47(39)40)46(43)44-28-50-48-41-23-20-29-10-3-4-13-33(29)36(41)24-25-42(44)48/h1-28,49H. The van der Waals surface area contributed by atoms with Crippen molar-refractivity contribution in [2.24, 2.45) is 0 Å². The third-order valence-corrected chi connectivity index (χ3v) is 10.7. The van der Waals surface area contributed by atoms with Crippen LogP contribution in [0.2, 0.25) is 0 Å². The maximum atomic E-state index is 6.59. The van der Waals surface area contributed by atoms with Crippen molar-refractivity contribution in [1.29, 1.82) is 0 Å². The zero-order valence-corrected chi connectivity index (χ0v) is 27.1. The van der Waals surface area contributed by atoms with Gasteiger partial charge in [-0.1, -0.05) is 133 Å². The summed E-state index contributed by atoms with van der Waals surface area (Å²) in [7, 11) is 0. The lowest BCUT2D eigenvalue weighted by atomic mass is 9.85. The first-order chi connectivity index (χ1) is 24.8. The van der Waals surface area contributed by atoms with Crippen molar-refractivity contribution in [3.63, 3.8) is 0 Å². The number of aromatic nitrogens is 1. The molecule has 11 rings (SSSR count). The summed E-state index contributed by atoms with van der Waals surface area (Å²) in [4.78, 5) is 3.75. The van der Waals surface area contributed by atoms with Crippen LogP contribution in [0.1, 0.15) is 0 Å². The van der Waals surface area contributed by atoms with E-state index in [0.29, 0.717) is 0 Å². The molecule has 0 aliphatic carbocycles. The van der Waals surface area contributed by atoms with E-state index in [-0.39, 0.29) is 0 Å². The monoisotopic (exact) mass is 635 g/mol. The van der Waals surface area contributed by atoms with Gasteiger partial charge in [0, 0.05) is 43.8 Å². The van der Waals surface area contributed by atoms with Gasteiger partial charge < -0.3 is 9.40 Å². The minimum absolute atomic E-state index is 0.920. The molecule has 2 nitrogen and oxygen atoms in total. The average Bonchev–Trinajstić information content (AvgIpc) is 3.78. The third kappa shape index (κ3) is 3.90. The zero-order chi connectivity index (χ0) is 32.8. The van der Waals surface area contributed by atoms with Gasteiger partial charge in [0.2, 0.25) is 0 Å². The van der Waals surface area contributed by atoms with Gasteiger partial charge >= 0.3 is 0 Å². The molecule has 0 amide bonds. The van der Waals surface area contributed by atoms with Gasteiger partial charge in [0.05, 0.1) is 11.8 Å². The van der Waals surface area contributed by atoms with Crippen molar-refractivity contribution in [2.75, 3.05) is 0 Å². The highest BCUT2D eigenvalue weighted by molar-refractivity contribution is 6.21. The Bertz CT molecular complexity index is 3160. The summed E-state index contributed by atoms with van der Waals surface area (Å²) in [5, 5.41) is 13.3. The van der Waals surface area contributed by atoms with Crippen LogP contribution in [0.5, 0.6) is 0 Å². The van der Waals surface area contributed by atoms with Crippen LogP contribution >= 0.6 is 0 Å². The number of fused-ring (bicyclic) bond motifs is 10. The van der Waals surface area contributed by atoms with E-state index in [9.17, 15) is 0 Å². The first-order valence-corrected chi connectivity index (χ1v) is 17.2. The molecule has 0 saturated heterocycles. The molecule has 0 saturated carbocycles. The van der Waals surface area contributed by atoms with E-state index in [0.717, 1.165) is 33.0 Å². The van der Waals surface area contributed by atoms with E-state index >= 15 is 0 Å². The largest absolute Gasteiger partial charge is 0.463 e. The van der Waals surface area contributed by atoms with Crippen LogP contribution in [-0.4, -0.2) is 4.98 Å². The molecule has 0 unspecified atom stereocenters. The summed E-state index contributed by atoms with van der Waals surface area (Å²) in [6.07, 6.45) is 1.98. The molecule has 2 aromatic heterocycles. The Kier molecular flexibility index (Phi) is 5.70. The molecule has 0 fully saturated rings. The molecule has 0 spiro atoms. The number of rotatable bonds is 3. The summed E-state index contributed by atoms with van der Waals surface area (Å²) in [5.74, 6) is 0. The lowest BCUT2D eigenvalue weighted by Gasteiger charge is -2.17. The molecule has 232 valence electrons. The van der Waals surface area contributed by atoms with Crippen molar-refractivity contribution < 1.29 is 4.42 Å². The Balaban J connectivity index is 1.23. The number of para-hydroxylation sites is 2. The Hall–Kier alpha value is -6.64. The molecular weight excluding hydrogens is 607 g/mol. The summed E-state index contributed by atoms with van der Waals surface area (Å²) in [6.45, 7) is 0. The van der Waals surface area contributed by atoms with Gasteiger partial charge in [-0.05, 0) is 84.7 Å². The molecule has 0 atom stereocenters. The van der Waals surface area contributed by atoms with E-state index < -0.39 is 0 Å². The molecule has 2 heteroatoms. The number of benzene rings is 9. The van der Waals surface area contributed by atoms with Crippen LogP contribution in [0, 0.1) is 0 Å². The van der Waals surface area contributed by atoms with E-state index in [4.69, 9.17) is 4.42 Å². The molecule has 11 aromatic rings. The second kappa shape index (κ2) is 10.4. The van der Waals surface area contributed by atoms with E-state index in [2.05, 4.69) is 169 Å². The zero-order valence-electron chi connectivity index (χ0n) is 27.1. The van der Waals surface area contributed by atoms with Crippen LogP contribution in [0.4, 0.5) is 0 Å². The molecule has 0 bridgehead atoms. The van der Waals surface area contributed by atoms with Crippen molar-refractivity contribution in [2.45, 2.75) is 0 Å². The van der Waals surface area contributed by atoms with Gasteiger partial charge in [-0.25, -0.2) is 0 Å². The molecule has 2 heterocycles. The molecule has 1 N–H and O–H groups in total. The van der Waals surface area contributed by atoms with E-state index in [1.165, 1.54) is 76.3 Å². The number of hydrogen-bond donors (Lipinski definition) is 1. The van der Waals surface area contributed by atoms with Crippen LogP contribution < -0.4 is 0 Å².